The summed E-state index contributed by atoms with van der Waals surface area (Å²) < 4.78 is 111. The maximum atomic E-state index is 14.2. The van der Waals surface area contributed by atoms with Gasteiger partial charge in [-0.3, -0.25) is 39.9 Å². The van der Waals surface area contributed by atoms with Crippen LogP contribution in [-0.4, -0.2) is 52.0 Å². The first-order valence-electron chi connectivity index (χ1n) is 24.6. The summed E-state index contributed by atoms with van der Waals surface area (Å²) in [6, 6.07) is 51.5. The second-order valence-corrected chi connectivity index (χ2v) is 17.6. The number of pyridine rings is 4. The molecule has 6 aromatic carbocycles. The third kappa shape index (κ3) is 22.8. The van der Waals surface area contributed by atoms with Gasteiger partial charge in [0.15, 0.2) is 5.78 Å². The molecule has 10 rings (SSSR count). The number of aliphatic hydroxyl groups is 1. The number of carbonyl (C=O) groups is 1. The van der Waals surface area contributed by atoms with E-state index in [9.17, 15) is 39.9 Å². The van der Waals surface area contributed by atoms with E-state index in [0.717, 1.165) is 76.8 Å². The molecule has 0 saturated carbocycles. The van der Waals surface area contributed by atoms with Crippen molar-refractivity contribution >= 4 is 28.5 Å². The molecule has 86 heavy (non-hydrogen) atoms. The minimum Gasteiger partial charge on any atom is -0.512 e. The van der Waals surface area contributed by atoms with Crippen molar-refractivity contribution in [2.45, 2.75) is 20.8 Å². The van der Waals surface area contributed by atoms with Crippen molar-refractivity contribution < 1.29 is 130 Å². The Morgan fingerprint density at radius 2 is 0.802 bits per heavy atom. The number of methoxy groups -OCH3 is 1. The molecule has 454 valence electrons. The van der Waals surface area contributed by atoms with Gasteiger partial charge in [-0.1, -0.05) is 107 Å². The Hall–Kier alpha value is -7.43. The Morgan fingerprint density at radius 3 is 1.13 bits per heavy atom. The molecule has 0 saturated heterocycles. The van der Waals surface area contributed by atoms with Gasteiger partial charge in [-0.25, -0.2) is 0 Å². The number of nitrogens with zero attached hydrogens (tertiary/aromatic N) is 6. The van der Waals surface area contributed by atoms with Crippen LogP contribution in [0.2, 0.25) is 0 Å². The molecule has 0 aliphatic rings. The average Bonchev–Trinajstić information content (AvgIpc) is 2.67. The minimum absolute atomic E-state index is 0. The van der Waals surface area contributed by atoms with Gasteiger partial charge < -0.3 is 39.6 Å². The van der Waals surface area contributed by atoms with E-state index < -0.39 is 46.5 Å². The number of aliphatic hydroxyl groups excluding tert-OH is 1. The monoisotopic (exact) mass is 1890 g/mol. The van der Waals surface area contributed by atoms with Crippen LogP contribution in [-0.2, 0) is 85.2 Å². The molecule has 21 heteroatoms. The SMILES string of the molecule is CC(=O)C=C(C)O.CN(C)c1ccnc(-c2[c-]cc(F)cc2F)c1.COc1ccnc(-c2[c-]cc(F)cc2F)c1.Cc1ccnc(-c2[c-]cc(F)cc2F)c1.Fc1c[c-]c(-c2cc(N(c3ccccc3)c3ccccc3)ccn2)c(F)c1.[Ir].[Ir].[Ir].[Ir]. The Morgan fingerprint density at radius 1 is 0.465 bits per heavy atom. The zero-order chi connectivity index (χ0) is 59.3. The topological polar surface area (TPSA) is 105 Å². The summed E-state index contributed by atoms with van der Waals surface area (Å²) in [5.41, 5.74) is 6.89. The Kier molecular flexibility index (Phi) is 32.3. The summed E-state index contributed by atoms with van der Waals surface area (Å²) in [6.07, 6.45) is 7.44. The fourth-order valence-corrected chi connectivity index (χ4v) is 7.34. The quantitative estimate of drug-likeness (QED) is 0.0620. The van der Waals surface area contributed by atoms with Gasteiger partial charge in [-0.05, 0) is 98.1 Å². The van der Waals surface area contributed by atoms with Crippen molar-refractivity contribution in [1.29, 1.82) is 0 Å². The number of aromatic nitrogens is 4. The van der Waals surface area contributed by atoms with Gasteiger partial charge in [0.1, 0.15) is 5.75 Å². The predicted molar refractivity (Wildman–Crippen MR) is 301 cm³/mol. The van der Waals surface area contributed by atoms with Crippen molar-refractivity contribution in [2.24, 2.45) is 0 Å². The number of allylic oxidation sites excluding steroid dienone is 2. The van der Waals surface area contributed by atoms with Crippen molar-refractivity contribution in [1.82, 2.24) is 19.9 Å². The molecule has 0 bridgehead atoms. The van der Waals surface area contributed by atoms with E-state index in [1.54, 1.807) is 48.9 Å². The fourth-order valence-electron chi connectivity index (χ4n) is 7.34. The first-order valence-corrected chi connectivity index (χ1v) is 24.6. The van der Waals surface area contributed by atoms with Crippen LogP contribution >= 0.6 is 0 Å². The summed E-state index contributed by atoms with van der Waals surface area (Å²) >= 11 is 0. The molecule has 0 fully saturated rings. The molecule has 0 aliphatic carbocycles. The van der Waals surface area contributed by atoms with Crippen LogP contribution in [0.5, 0.6) is 5.75 Å². The smallest absolute Gasteiger partial charge is 0.155 e. The zero-order valence-corrected chi connectivity index (χ0v) is 55.8. The van der Waals surface area contributed by atoms with Gasteiger partial charge in [0, 0.05) is 195 Å². The van der Waals surface area contributed by atoms with E-state index in [1.807, 2.05) is 110 Å². The number of para-hydroxylation sites is 2. The Balaban J connectivity index is 0.000000381. The molecule has 0 spiro atoms. The predicted octanol–water partition coefficient (Wildman–Crippen LogP) is 16.2. The number of aryl methyl sites for hydroxylation is 1. The third-order valence-electron chi connectivity index (χ3n) is 11.0. The number of halogens is 8. The van der Waals surface area contributed by atoms with E-state index in [0.29, 0.717) is 28.5 Å². The van der Waals surface area contributed by atoms with Crippen LogP contribution in [0.25, 0.3) is 45.0 Å². The minimum atomic E-state index is -0.694. The van der Waals surface area contributed by atoms with E-state index in [-0.39, 0.29) is 114 Å². The molecular formula is C65H50F8Ir4N6O3-4. The number of rotatable bonds is 10. The first-order chi connectivity index (χ1) is 39.3. The summed E-state index contributed by atoms with van der Waals surface area (Å²) in [5, 5.41) is 8.36. The summed E-state index contributed by atoms with van der Waals surface area (Å²) in [4.78, 5) is 30.2. The molecule has 0 unspecified atom stereocenters. The number of hydrogen-bond acceptors (Lipinski definition) is 9. The molecule has 0 amide bonds. The molecule has 1 N–H and O–H groups in total. The number of carbonyl (C=O) groups excluding carboxylic acids is 1. The Bertz CT molecular complexity index is 3740. The first kappa shape index (κ1) is 74.7. The van der Waals surface area contributed by atoms with Gasteiger partial charge in [0.2, 0.25) is 0 Å². The van der Waals surface area contributed by atoms with Crippen molar-refractivity contribution in [3.63, 3.8) is 0 Å². The second-order valence-electron chi connectivity index (χ2n) is 17.6. The number of anilines is 4. The molecule has 0 aliphatic heterocycles. The second kappa shape index (κ2) is 37.2. The van der Waals surface area contributed by atoms with Gasteiger partial charge in [0.25, 0.3) is 0 Å². The number of hydrogen-bond donors (Lipinski definition) is 1. The van der Waals surface area contributed by atoms with Gasteiger partial charge >= 0.3 is 0 Å². The third-order valence-corrected chi connectivity index (χ3v) is 11.0. The van der Waals surface area contributed by atoms with Crippen LogP contribution in [0.1, 0.15) is 19.4 Å². The van der Waals surface area contributed by atoms with Gasteiger partial charge in [-0.15, -0.1) is 48.5 Å². The molecule has 10 aromatic rings. The van der Waals surface area contributed by atoms with Crippen LogP contribution in [0.15, 0.2) is 194 Å². The number of benzene rings is 6. The van der Waals surface area contributed by atoms with Gasteiger partial charge in [-0.2, -0.15) is 0 Å². The van der Waals surface area contributed by atoms with E-state index in [1.165, 1.54) is 33.2 Å². The molecule has 0 atom stereocenters. The molecule has 4 radical (unpaired) electrons. The van der Waals surface area contributed by atoms with Crippen LogP contribution in [0.4, 0.5) is 57.9 Å². The average molecular weight is 1880 g/mol. The van der Waals surface area contributed by atoms with E-state index in [2.05, 4.69) is 44.2 Å². The summed E-state index contributed by atoms with van der Waals surface area (Å²) in [6.45, 7) is 4.73. The van der Waals surface area contributed by atoms with E-state index >= 15 is 0 Å². The van der Waals surface area contributed by atoms with Crippen LogP contribution in [0.3, 0.4) is 0 Å². The van der Waals surface area contributed by atoms with Crippen molar-refractivity contribution in [3.05, 3.63) is 271 Å². The maximum Gasteiger partial charge on any atom is 0.155 e. The van der Waals surface area contributed by atoms with Crippen molar-refractivity contribution in [3.8, 4) is 50.8 Å². The maximum absolute atomic E-state index is 14.2. The van der Waals surface area contributed by atoms with Crippen LogP contribution < -0.4 is 14.5 Å². The molecule has 9 nitrogen and oxygen atoms in total. The molecular weight excluding hydrogens is 1830 g/mol. The standard InChI is InChI=1S/C23H15F2N2.C13H11F2N2.C12H8F2NO.C12H8F2N.C5H8O2.4Ir/c24-17-11-12-21(22(25)15-17)23-16-20(13-14-26-23)27(18-7-3-1-4-8-18)19-9-5-2-6-10-19;1-17(2)10-5-6-16-13(8-10)11-4-3-9(14)7-12(11)15;1-16-9-4-5-15-12(7-9)10-3-2-8(13)6-11(10)14;1-8-4-5-15-12(6-8)10-3-2-9(13)7-11(10)14;1-4(6)3-5(2)7;;;;/h1-11,13-16H;3,5-8H,1-2H3;2,4-7H,1H3;2,4-7H,1H3;3,6H,1-2H3;;;;/q4*-1;;;;;. The zero-order valence-electron chi connectivity index (χ0n) is 46.2. The van der Waals surface area contributed by atoms with Crippen molar-refractivity contribution in [2.75, 3.05) is 31.0 Å². The largest absolute Gasteiger partial charge is 0.512 e. The number of ketones is 1. The van der Waals surface area contributed by atoms with E-state index in [4.69, 9.17) is 9.84 Å². The fraction of sp³-hybridized carbons (Fsp3) is 0.0923. The summed E-state index contributed by atoms with van der Waals surface area (Å²) in [7, 11) is 5.26. The number of ether oxygens (including phenoxy) is 1. The van der Waals surface area contributed by atoms with Crippen LogP contribution in [0, 0.1) is 77.7 Å². The molecule has 4 aromatic heterocycles. The summed E-state index contributed by atoms with van der Waals surface area (Å²) in [5.74, 6) is -4.80. The normalized spacial score (nSPS) is 10.0. The Labute approximate surface area is 547 Å². The molecule has 4 heterocycles. The van der Waals surface area contributed by atoms with Gasteiger partial charge in [0.05, 0.1) is 12.9 Å².